The van der Waals surface area contributed by atoms with Crippen LogP contribution in [0.15, 0.2) is 76.5 Å². The number of ether oxygens (including phenoxy) is 2. The molecule has 6 nitrogen and oxygen atoms in total. The molecule has 1 fully saturated rings. The fraction of sp³-hybridized carbons (Fsp3) is 0.308. The second-order valence-electron chi connectivity index (χ2n) is 9.08. The summed E-state index contributed by atoms with van der Waals surface area (Å²) in [6.07, 6.45) is -1.14. The van der Waals surface area contributed by atoms with Gasteiger partial charge in [-0.3, -0.25) is 0 Å². The van der Waals surface area contributed by atoms with Crippen molar-refractivity contribution in [2.24, 2.45) is 5.92 Å². The molecule has 0 unspecified atom stereocenters. The lowest BCUT2D eigenvalue weighted by molar-refractivity contribution is -0.0732. The first kappa shape index (κ1) is 26.1. The van der Waals surface area contributed by atoms with Gasteiger partial charge in [0.1, 0.15) is 10.6 Å². The Morgan fingerprint density at radius 3 is 2.27 bits per heavy atom. The monoisotopic (exact) mass is 568 g/mol. The molecule has 3 aromatic carbocycles. The maximum absolute atomic E-state index is 15.4. The fourth-order valence-corrected chi connectivity index (χ4v) is 9.17. The van der Waals surface area contributed by atoms with E-state index in [1.54, 1.807) is 18.2 Å². The van der Waals surface area contributed by atoms with Crippen molar-refractivity contribution in [1.82, 2.24) is 0 Å². The number of rotatable bonds is 6. The van der Waals surface area contributed by atoms with E-state index in [-0.39, 0.29) is 41.6 Å². The van der Waals surface area contributed by atoms with E-state index < -0.39 is 59.4 Å². The molecule has 0 bridgehead atoms. The molecule has 2 aliphatic heterocycles. The van der Waals surface area contributed by atoms with Crippen LogP contribution in [-0.4, -0.2) is 41.9 Å². The van der Waals surface area contributed by atoms with Gasteiger partial charge in [-0.1, -0.05) is 29.8 Å². The van der Waals surface area contributed by atoms with Crippen molar-refractivity contribution >= 4 is 31.3 Å². The van der Waals surface area contributed by atoms with Gasteiger partial charge in [0.2, 0.25) is 0 Å². The quantitative estimate of drug-likeness (QED) is 0.418. The molecule has 0 aliphatic carbocycles. The molecule has 0 N–H and O–H groups in total. The van der Waals surface area contributed by atoms with Crippen molar-refractivity contribution in [3.63, 3.8) is 0 Å². The first-order chi connectivity index (χ1) is 17.6. The van der Waals surface area contributed by atoms with Crippen LogP contribution in [0.2, 0.25) is 5.02 Å². The van der Waals surface area contributed by atoms with E-state index in [0.717, 1.165) is 12.1 Å². The molecule has 0 spiro atoms. The first-order valence-electron chi connectivity index (χ1n) is 11.6. The molecule has 1 saturated heterocycles. The molecule has 0 radical (unpaired) electrons. The lowest BCUT2D eigenvalue weighted by Crippen LogP contribution is -2.57. The second kappa shape index (κ2) is 9.65. The topological polar surface area (TPSA) is 86.7 Å². The SMILES string of the molecule is O=S(=O)(CC[C@@H]1OCC[C@@]2(S(=O)(=O)c3ccc(Cl)cc3)c3c(F)ccc(F)c3OC[C@@H]12)c1ccccc1. The minimum Gasteiger partial charge on any atom is -0.490 e. The van der Waals surface area contributed by atoms with Crippen LogP contribution in [0.1, 0.15) is 18.4 Å². The van der Waals surface area contributed by atoms with Crippen molar-refractivity contribution in [1.29, 1.82) is 0 Å². The Labute approximate surface area is 219 Å². The van der Waals surface area contributed by atoms with Gasteiger partial charge < -0.3 is 9.47 Å². The molecule has 0 amide bonds. The number of sulfone groups is 2. The summed E-state index contributed by atoms with van der Waals surface area (Å²) in [5.74, 6) is -3.58. The Morgan fingerprint density at radius 2 is 1.57 bits per heavy atom. The first-order valence-corrected chi connectivity index (χ1v) is 15.1. The average Bonchev–Trinajstić information content (AvgIpc) is 2.89. The van der Waals surface area contributed by atoms with Crippen LogP contribution < -0.4 is 4.74 Å². The zero-order chi connectivity index (χ0) is 26.4. The summed E-state index contributed by atoms with van der Waals surface area (Å²) in [6, 6.07) is 15.1. The lowest BCUT2D eigenvalue weighted by atomic mass is 9.75. The Kier molecular flexibility index (Phi) is 6.81. The van der Waals surface area contributed by atoms with Gasteiger partial charge >= 0.3 is 0 Å². The molecule has 2 aliphatic rings. The van der Waals surface area contributed by atoms with E-state index in [2.05, 4.69) is 0 Å². The summed E-state index contributed by atoms with van der Waals surface area (Å²) in [4.78, 5) is 0.0141. The predicted molar refractivity (Wildman–Crippen MR) is 133 cm³/mol. The number of fused-ring (bicyclic) bond motifs is 3. The lowest BCUT2D eigenvalue weighted by Gasteiger charge is -2.50. The van der Waals surface area contributed by atoms with Gasteiger partial charge in [0, 0.05) is 17.5 Å². The molecule has 0 aromatic heterocycles. The van der Waals surface area contributed by atoms with E-state index in [9.17, 15) is 21.2 Å². The van der Waals surface area contributed by atoms with Gasteiger partial charge in [0.15, 0.2) is 31.2 Å². The van der Waals surface area contributed by atoms with Crippen LogP contribution in [0.25, 0.3) is 0 Å². The van der Waals surface area contributed by atoms with Crippen molar-refractivity contribution in [3.05, 3.63) is 89.0 Å². The number of benzene rings is 3. The Balaban J connectivity index is 1.62. The van der Waals surface area contributed by atoms with E-state index in [1.165, 1.54) is 36.4 Å². The highest BCUT2D eigenvalue weighted by Crippen LogP contribution is 2.56. The molecular weight excluding hydrogens is 546 g/mol. The minimum absolute atomic E-state index is 0.0601. The average molecular weight is 569 g/mol. The van der Waals surface area contributed by atoms with Gasteiger partial charge in [-0.2, -0.15) is 0 Å². The number of hydrogen-bond donors (Lipinski definition) is 0. The number of halogens is 3. The second-order valence-corrected chi connectivity index (χ2v) is 13.8. The molecule has 11 heteroatoms. The summed E-state index contributed by atoms with van der Waals surface area (Å²) < 4.78 is 94.2. The summed E-state index contributed by atoms with van der Waals surface area (Å²) in [5, 5.41) is 0.313. The minimum atomic E-state index is -4.37. The summed E-state index contributed by atoms with van der Waals surface area (Å²) in [6.45, 7) is -0.398. The maximum Gasteiger partial charge on any atom is 0.189 e. The van der Waals surface area contributed by atoms with Crippen molar-refractivity contribution in [2.75, 3.05) is 19.0 Å². The third kappa shape index (κ3) is 4.33. The van der Waals surface area contributed by atoms with Crippen LogP contribution >= 0.6 is 11.6 Å². The molecular formula is C26H23ClF2O6S2. The normalized spacial score (nSPS) is 23.5. The third-order valence-electron chi connectivity index (χ3n) is 7.12. The highest BCUT2D eigenvalue weighted by Gasteiger charge is 2.61. The van der Waals surface area contributed by atoms with Crippen molar-refractivity contribution < 1.29 is 35.1 Å². The van der Waals surface area contributed by atoms with Crippen LogP contribution in [0.5, 0.6) is 5.75 Å². The zero-order valence-corrected chi connectivity index (χ0v) is 21.8. The fourth-order valence-electron chi connectivity index (χ4n) is 5.35. The summed E-state index contributed by atoms with van der Waals surface area (Å²) in [5.41, 5.74) is -0.391. The molecule has 37 heavy (non-hydrogen) atoms. The molecule has 196 valence electrons. The van der Waals surface area contributed by atoms with E-state index in [0.29, 0.717) is 5.02 Å². The standard InChI is InChI=1S/C26H23ClF2O6S2/c27-17-6-8-19(9-7-17)37(32,33)26-13-14-34-23(12-15-36(30,31)18-4-2-1-3-5-18)20(26)16-35-25-22(29)11-10-21(28)24(25)26/h1-11,20,23H,12-16H2/t20-,23-,26-/m0/s1. The van der Waals surface area contributed by atoms with E-state index >= 15 is 4.39 Å². The molecule has 3 atom stereocenters. The van der Waals surface area contributed by atoms with E-state index in [4.69, 9.17) is 21.1 Å². The molecule has 0 saturated carbocycles. The number of hydrogen-bond acceptors (Lipinski definition) is 6. The van der Waals surface area contributed by atoms with Gasteiger partial charge in [-0.15, -0.1) is 0 Å². The Morgan fingerprint density at radius 1 is 0.892 bits per heavy atom. The van der Waals surface area contributed by atoms with Gasteiger partial charge in [0.25, 0.3) is 0 Å². The van der Waals surface area contributed by atoms with Gasteiger partial charge in [0.05, 0.1) is 33.8 Å². The summed E-state index contributed by atoms with van der Waals surface area (Å²) >= 11 is 5.97. The summed E-state index contributed by atoms with van der Waals surface area (Å²) in [7, 11) is -8.07. The maximum atomic E-state index is 15.4. The van der Waals surface area contributed by atoms with Crippen molar-refractivity contribution in [2.45, 2.75) is 33.5 Å². The smallest absolute Gasteiger partial charge is 0.189 e. The third-order valence-corrected chi connectivity index (χ3v) is 11.7. The molecule has 3 aromatic rings. The van der Waals surface area contributed by atoms with Crippen LogP contribution in [0.4, 0.5) is 8.78 Å². The van der Waals surface area contributed by atoms with E-state index in [1.807, 2.05) is 0 Å². The Bertz CT molecular complexity index is 1530. The molecule has 5 rings (SSSR count). The van der Waals surface area contributed by atoms with Crippen molar-refractivity contribution in [3.8, 4) is 5.75 Å². The van der Waals surface area contributed by atoms with Gasteiger partial charge in [-0.25, -0.2) is 25.6 Å². The van der Waals surface area contributed by atoms with Crippen LogP contribution in [0.3, 0.4) is 0 Å². The van der Waals surface area contributed by atoms with Crippen LogP contribution in [0, 0.1) is 17.6 Å². The largest absolute Gasteiger partial charge is 0.490 e. The Hall–Kier alpha value is -2.53. The van der Waals surface area contributed by atoms with Crippen LogP contribution in [-0.2, 0) is 29.2 Å². The highest BCUT2D eigenvalue weighted by atomic mass is 35.5. The highest BCUT2D eigenvalue weighted by molar-refractivity contribution is 7.92. The molecule has 2 heterocycles. The predicted octanol–water partition coefficient (Wildman–Crippen LogP) is 4.95. The van der Waals surface area contributed by atoms with Gasteiger partial charge in [-0.05, 0) is 61.4 Å². The zero-order valence-electron chi connectivity index (χ0n) is 19.4.